The molecule has 3 N–H and O–H groups in total. The highest BCUT2D eigenvalue weighted by Gasteiger charge is 2.28. The first kappa shape index (κ1) is 15.6. The van der Waals surface area contributed by atoms with E-state index >= 15 is 0 Å². The van der Waals surface area contributed by atoms with Crippen LogP contribution in [-0.2, 0) is 4.79 Å². The van der Waals surface area contributed by atoms with E-state index in [2.05, 4.69) is 10.4 Å². The number of carbonyl (C=O) groups is 2. The lowest BCUT2D eigenvalue weighted by Crippen LogP contribution is -2.53. The summed E-state index contributed by atoms with van der Waals surface area (Å²) in [6.45, 7) is 3.07. The van der Waals surface area contributed by atoms with Crippen molar-refractivity contribution in [3.8, 4) is 11.4 Å². The van der Waals surface area contributed by atoms with Gasteiger partial charge in [-0.2, -0.15) is 5.10 Å². The van der Waals surface area contributed by atoms with Gasteiger partial charge < -0.3 is 15.8 Å². The van der Waals surface area contributed by atoms with Crippen LogP contribution in [0.1, 0.15) is 24.3 Å². The third kappa shape index (κ3) is 3.25. The van der Waals surface area contributed by atoms with Crippen LogP contribution in [0, 0.1) is 0 Å². The van der Waals surface area contributed by atoms with Crippen molar-refractivity contribution >= 4 is 11.8 Å². The number of primary amides is 1. The van der Waals surface area contributed by atoms with E-state index < -0.39 is 17.4 Å². The van der Waals surface area contributed by atoms with Crippen LogP contribution >= 0.6 is 0 Å². The minimum atomic E-state index is -1.14. The number of nitrogens with two attached hydrogens (primary N) is 1. The Bertz CT molecular complexity index is 689. The fourth-order valence-electron chi connectivity index (χ4n) is 1.73. The minimum absolute atomic E-state index is 0.199. The third-order valence-corrected chi connectivity index (χ3v) is 3.20. The summed E-state index contributed by atoms with van der Waals surface area (Å²) < 4.78 is 6.65. The molecule has 2 aromatic rings. The predicted molar refractivity (Wildman–Crippen MR) is 80.9 cm³/mol. The fraction of sp³-hybridized carbons (Fsp3) is 0.267. The number of ether oxygens (including phenoxy) is 1. The normalized spacial score (nSPS) is 11.0. The van der Waals surface area contributed by atoms with E-state index in [1.54, 1.807) is 36.2 Å². The van der Waals surface area contributed by atoms with E-state index in [0.717, 1.165) is 11.4 Å². The highest BCUT2D eigenvalue weighted by molar-refractivity contribution is 5.97. The van der Waals surface area contributed by atoms with Crippen molar-refractivity contribution in [2.45, 2.75) is 19.4 Å². The summed E-state index contributed by atoms with van der Waals surface area (Å²) in [5, 5.41) is 6.74. The van der Waals surface area contributed by atoms with Crippen LogP contribution in [0.5, 0.6) is 5.75 Å². The number of carbonyl (C=O) groups excluding carboxylic acids is 2. The highest BCUT2D eigenvalue weighted by Crippen LogP contribution is 2.14. The van der Waals surface area contributed by atoms with Gasteiger partial charge in [0.05, 0.1) is 12.8 Å². The second-order valence-electron chi connectivity index (χ2n) is 5.29. The van der Waals surface area contributed by atoms with Crippen molar-refractivity contribution in [3.63, 3.8) is 0 Å². The Morgan fingerprint density at radius 2 is 1.86 bits per heavy atom. The molecule has 116 valence electrons. The van der Waals surface area contributed by atoms with Crippen LogP contribution in [0.25, 0.3) is 5.69 Å². The number of nitrogens with zero attached hydrogens (tertiary/aromatic N) is 2. The van der Waals surface area contributed by atoms with Crippen LogP contribution in [-0.4, -0.2) is 34.2 Å². The molecule has 0 bridgehead atoms. The van der Waals surface area contributed by atoms with Crippen molar-refractivity contribution in [1.29, 1.82) is 0 Å². The molecule has 7 heteroatoms. The zero-order valence-electron chi connectivity index (χ0n) is 12.7. The Morgan fingerprint density at radius 3 is 2.41 bits per heavy atom. The zero-order chi connectivity index (χ0) is 16.3. The lowest BCUT2D eigenvalue weighted by molar-refractivity contribution is -0.122. The molecule has 22 heavy (non-hydrogen) atoms. The molecule has 0 atom stereocenters. The quantitative estimate of drug-likeness (QED) is 0.856. The molecular formula is C15H18N4O3. The highest BCUT2D eigenvalue weighted by atomic mass is 16.5. The number of methoxy groups -OCH3 is 1. The topological polar surface area (TPSA) is 99.2 Å². The number of nitrogens with one attached hydrogen (secondary N) is 1. The number of amides is 2. The molecule has 1 aromatic heterocycles. The fourth-order valence-corrected chi connectivity index (χ4v) is 1.73. The molecule has 0 aliphatic heterocycles. The number of hydrogen-bond acceptors (Lipinski definition) is 4. The molecule has 2 amide bonds. The third-order valence-electron chi connectivity index (χ3n) is 3.20. The van der Waals surface area contributed by atoms with E-state index in [1.165, 1.54) is 13.8 Å². The summed E-state index contributed by atoms with van der Waals surface area (Å²) in [6.07, 6.45) is 1.66. The maximum absolute atomic E-state index is 12.1. The van der Waals surface area contributed by atoms with Gasteiger partial charge in [-0.1, -0.05) is 0 Å². The standard InChI is InChI=1S/C15H18N4O3/c1-15(2,14(16)21)17-13(20)12-8-9-19(18-12)10-4-6-11(22-3)7-5-10/h4-9H,1-3H3,(H2,16,21)(H,17,20). The molecule has 2 rings (SSSR count). The van der Waals surface area contributed by atoms with Crippen molar-refractivity contribution in [1.82, 2.24) is 15.1 Å². The van der Waals surface area contributed by atoms with E-state index in [4.69, 9.17) is 10.5 Å². The number of benzene rings is 1. The van der Waals surface area contributed by atoms with Crippen molar-refractivity contribution < 1.29 is 14.3 Å². The Morgan fingerprint density at radius 1 is 1.23 bits per heavy atom. The van der Waals surface area contributed by atoms with Gasteiger partial charge in [-0.25, -0.2) is 4.68 Å². The monoisotopic (exact) mass is 302 g/mol. The van der Waals surface area contributed by atoms with Crippen LogP contribution in [0.15, 0.2) is 36.5 Å². The minimum Gasteiger partial charge on any atom is -0.497 e. The Labute approximate surface area is 128 Å². The Balaban J connectivity index is 2.17. The molecule has 1 aromatic carbocycles. The molecule has 0 aliphatic rings. The molecule has 0 unspecified atom stereocenters. The summed E-state index contributed by atoms with van der Waals surface area (Å²) in [5.74, 6) is -0.344. The molecule has 0 saturated carbocycles. The number of aromatic nitrogens is 2. The average Bonchev–Trinajstić information content (AvgIpc) is 2.96. The molecule has 1 heterocycles. The average molecular weight is 302 g/mol. The van der Waals surface area contributed by atoms with Crippen molar-refractivity contribution in [3.05, 3.63) is 42.2 Å². The molecule has 0 aliphatic carbocycles. The first-order valence-corrected chi connectivity index (χ1v) is 6.66. The molecular weight excluding hydrogens is 284 g/mol. The summed E-state index contributed by atoms with van der Waals surface area (Å²) in [7, 11) is 1.59. The van der Waals surface area contributed by atoms with Gasteiger partial charge in [-0.3, -0.25) is 9.59 Å². The van der Waals surface area contributed by atoms with Gasteiger partial charge in [0.15, 0.2) is 5.69 Å². The Hall–Kier alpha value is -2.83. The molecule has 0 spiro atoms. The van der Waals surface area contributed by atoms with Gasteiger partial charge in [-0.05, 0) is 44.2 Å². The largest absolute Gasteiger partial charge is 0.497 e. The zero-order valence-corrected chi connectivity index (χ0v) is 12.7. The van der Waals surface area contributed by atoms with Gasteiger partial charge in [-0.15, -0.1) is 0 Å². The van der Waals surface area contributed by atoms with Gasteiger partial charge in [0.1, 0.15) is 11.3 Å². The molecule has 0 fully saturated rings. The first-order valence-electron chi connectivity index (χ1n) is 6.66. The van der Waals surface area contributed by atoms with Crippen LogP contribution < -0.4 is 15.8 Å². The van der Waals surface area contributed by atoms with E-state index in [-0.39, 0.29) is 5.69 Å². The molecule has 0 radical (unpaired) electrons. The van der Waals surface area contributed by atoms with E-state index in [9.17, 15) is 9.59 Å². The number of hydrogen-bond donors (Lipinski definition) is 2. The summed E-state index contributed by atoms with van der Waals surface area (Å²) in [4.78, 5) is 23.3. The van der Waals surface area contributed by atoms with Gasteiger partial charge in [0.2, 0.25) is 5.91 Å². The van der Waals surface area contributed by atoms with E-state index in [0.29, 0.717) is 0 Å². The van der Waals surface area contributed by atoms with Gasteiger partial charge in [0, 0.05) is 6.20 Å². The predicted octanol–water partition coefficient (Wildman–Crippen LogP) is 0.875. The molecule has 0 saturated heterocycles. The van der Waals surface area contributed by atoms with Gasteiger partial charge in [0.25, 0.3) is 5.91 Å². The van der Waals surface area contributed by atoms with Crippen LogP contribution in [0.4, 0.5) is 0 Å². The smallest absolute Gasteiger partial charge is 0.272 e. The maximum Gasteiger partial charge on any atom is 0.272 e. The van der Waals surface area contributed by atoms with Crippen LogP contribution in [0.2, 0.25) is 0 Å². The van der Waals surface area contributed by atoms with Gasteiger partial charge >= 0.3 is 0 Å². The second-order valence-corrected chi connectivity index (χ2v) is 5.29. The Kier molecular flexibility index (Phi) is 4.16. The summed E-state index contributed by atoms with van der Waals surface area (Å²) >= 11 is 0. The van der Waals surface area contributed by atoms with Crippen molar-refractivity contribution in [2.75, 3.05) is 7.11 Å². The SMILES string of the molecule is COc1ccc(-n2ccc(C(=O)NC(C)(C)C(N)=O)n2)cc1. The van der Waals surface area contributed by atoms with Crippen LogP contribution in [0.3, 0.4) is 0 Å². The number of rotatable bonds is 5. The van der Waals surface area contributed by atoms with E-state index in [1.807, 2.05) is 12.1 Å². The second kappa shape index (κ2) is 5.88. The maximum atomic E-state index is 12.1. The summed E-state index contributed by atoms with van der Waals surface area (Å²) in [6, 6.07) is 8.80. The lowest BCUT2D eigenvalue weighted by Gasteiger charge is -2.21. The summed E-state index contributed by atoms with van der Waals surface area (Å²) in [5.41, 5.74) is 5.08. The van der Waals surface area contributed by atoms with Crippen molar-refractivity contribution in [2.24, 2.45) is 5.73 Å². The molecule has 7 nitrogen and oxygen atoms in total. The lowest BCUT2D eigenvalue weighted by atomic mass is 10.1. The first-order chi connectivity index (χ1) is 10.3.